The lowest BCUT2D eigenvalue weighted by atomic mass is 10.00. The number of carbonyl (C=O) groups is 4. The van der Waals surface area contributed by atoms with Gasteiger partial charge in [0.15, 0.2) is 0 Å². The van der Waals surface area contributed by atoms with Crippen molar-refractivity contribution >= 4 is 29.8 Å². The Morgan fingerprint density at radius 2 is 1.70 bits per heavy atom. The molecule has 0 fully saturated rings. The second kappa shape index (κ2) is 14.7. The first kappa shape index (κ1) is 30.2. The number of ether oxygens (including phenoxy) is 1. The van der Waals surface area contributed by atoms with Crippen molar-refractivity contribution < 1.29 is 34.1 Å². The predicted octanol–water partition coefficient (Wildman–Crippen LogP) is 1.22. The molecule has 1 aliphatic heterocycles. The Morgan fingerprint density at radius 3 is 2.40 bits per heavy atom. The predicted molar refractivity (Wildman–Crippen MR) is 149 cm³/mol. The molecule has 0 saturated heterocycles. The van der Waals surface area contributed by atoms with E-state index in [-0.39, 0.29) is 31.2 Å². The van der Waals surface area contributed by atoms with Gasteiger partial charge in [0.1, 0.15) is 30.2 Å². The molecular formula is C29H36N4O7. The number of fused-ring (bicyclic) bond motifs is 1. The maximum absolute atomic E-state index is 13.4. The first-order valence-corrected chi connectivity index (χ1v) is 13.1. The van der Waals surface area contributed by atoms with E-state index < -0.39 is 48.2 Å². The van der Waals surface area contributed by atoms with Crippen LogP contribution >= 0.6 is 0 Å². The van der Waals surface area contributed by atoms with E-state index >= 15 is 0 Å². The summed E-state index contributed by atoms with van der Waals surface area (Å²) in [5.74, 6) is -2.68. The molecule has 6 N–H and O–H groups in total. The molecule has 0 saturated carbocycles. The van der Waals surface area contributed by atoms with Gasteiger partial charge < -0.3 is 36.2 Å². The van der Waals surface area contributed by atoms with Gasteiger partial charge in [0.05, 0.1) is 12.5 Å². The Bertz CT molecular complexity index is 1210. The number of para-hydroxylation sites is 1. The molecule has 0 aliphatic carbocycles. The van der Waals surface area contributed by atoms with Gasteiger partial charge in [-0.2, -0.15) is 0 Å². The van der Waals surface area contributed by atoms with Gasteiger partial charge in [-0.1, -0.05) is 56.3 Å². The fraction of sp³-hybridized carbons (Fsp3) is 0.379. The highest BCUT2D eigenvalue weighted by atomic mass is 16.5. The molecule has 0 radical (unpaired) electrons. The molecule has 40 heavy (non-hydrogen) atoms. The molecule has 214 valence electrons. The van der Waals surface area contributed by atoms with Crippen molar-refractivity contribution in [1.82, 2.24) is 21.3 Å². The van der Waals surface area contributed by atoms with Gasteiger partial charge in [-0.25, -0.2) is 0 Å². The maximum Gasteiger partial charge on any atom is 0.305 e. The second-order valence-electron chi connectivity index (χ2n) is 9.80. The number of nitrogens with one attached hydrogen (secondary N) is 4. The number of hydrogen-bond donors (Lipinski definition) is 6. The van der Waals surface area contributed by atoms with Crippen molar-refractivity contribution in [2.75, 3.05) is 19.7 Å². The quantitative estimate of drug-likeness (QED) is 0.322. The molecule has 11 nitrogen and oxygen atoms in total. The van der Waals surface area contributed by atoms with Crippen LogP contribution < -0.4 is 26.0 Å². The summed E-state index contributed by atoms with van der Waals surface area (Å²) in [6.07, 6.45) is 3.11. The van der Waals surface area contributed by atoms with Crippen molar-refractivity contribution in [3.8, 4) is 11.5 Å². The van der Waals surface area contributed by atoms with Crippen LogP contribution in [-0.2, 0) is 25.6 Å². The highest BCUT2D eigenvalue weighted by Crippen LogP contribution is 2.19. The summed E-state index contributed by atoms with van der Waals surface area (Å²) in [7, 11) is 0. The molecule has 3 atom stereocenters. The third kappa shape index (κ3) is 9.12. The number of aliphatic carboxylic acids is 1. The number of rotatable bonds is 5. The van der Waals surface area contributed by atoms with Gasteiger partial charge in [-0.15, -0.1) is 0 Å². The Labute approximate surface area is 233 Å². The van der Waals surface area contributed by atoms with Crippen LogP contribution in [0.15, 0.2) is 54.6 Å². The molecule has 3 amide bonds. The zero-order valence-electron chi connectivity index (χ0n) is 22.6. The molecular weight excluding hydrogens is 516 g/mol. The summed E-state index contributed by atoms with van der Waals surface area (Å²) in [5, 5.41) is 30.0. The van der Waals surface area contributed by atoms with E-state index in [2.05, 4.69) is 21.3 Å². The van der Waals surface area contributed by atoms with Gasteiger partial charge in [0, 0.05) is 18.7 Å². The highest BCUT2D eigenvalue weighted by Gasteiger charge is 2.31. The molecule has 0 unspecified atom stereocenters. The van der Waals surface area contributed by atoms with Gasteiger partial charge in [-0.3, -0.25) is 19.2 Å². The molecule has 0 spiro atoms. The third-order valence-electron chi connectivity index (χ3n) is 6.31. The minimum Gasteiger partial charge on any atom is -0.508 e. The Balaban J connectivity index is 1.90. The molecule has 0 bridgehead atoms. The van der Waals surface area contributed by atoms with Crippen LogP contribution in [0.5, 0.6) is 11.5 Å². The summed E-state index contributed by atoms with van der Waals surface area (Å²) >= 11 is 0. The van der Waals surface area contributed by atoms with Crippen molar-refractivity contribution in [2.24, 2.45) is 5.92 Å². The number of hydrogen-bond acceptors (Lipinski definition) is 7. The summed E-state index contributed by atoms with van der Waals surface area (Å²) in [6.45, 7) is 4.15. The van der Waals surface area contributed by atoms with Crippen molar-refractivity contribution in [3.63, 3.8) is 0 Å². The summed E-state index contributed by atoms with van der Waals surface area (Å²) < 4.78 is 5.95. The van der Waals surface area contributed by atoms with Crippen LogP contribution in [0.3, 0.4) is 0 Å². The van der Waals surface area contributed by atoms with Gasteiger partial charge in [-0.05, 0) is 36.1 Å². The van der Waals surface area contributed by atoms with Crippen LogP contribution in [-0.4, -0.2) is 71.7 Å². The minimum atomic E-state index is -1.34. The standard InChI is InChI=1S/C29H36N4O7/c1-18(2)26-29(39)32-23(17-25(35)36)27(37)31-13-5-7-20-6-3-4-8-24(20)40-15-14-30-22(28(38)33-26)16-19-9-11-21(34)12-10-19/h3-12,18,22-23,26,30,34H,13-17H2,1-2H3,(H,31,37)(H,32,39)(H,33,38)(H,35,36)/b7-5+/t22-,23+,26-/m1/s1. The van der Waals surface area contributed by atoms with E-state index in [1.54, 1.807) is 38.1 Å². The van der Waals surface area contributed by atoms with Crippen LogP contribution in [0.4, 0.5) is 0 Å². The van der Waals surface area contributed by atoms with Gasteiger partial charge in [0.2, 0.25) is 17.7 Å². The van der Waals surface area contributed by atoms with Gasteiger partial charge in [0.25, 0.3) is 0 Å². The first-order chi connectivity index (χ1) is 19.1. The van der Waals surface area contributed by atoms with Crippen molar-refractivity contribution in [1.29, 1.82) is 0 Å². The average molecular weight is 553 g/mol. The van der Waals surface area contributed by atoms with E-state index in [9.17, 15) is 29.4 Å². The lowest BCUT2D eigenvalue weighted by Crippen LogP contribution is -2.58. The second-order valence-corrected chi connectivity index (χ2v) is 9.80. The number of aromatic hydroxyl groups is 1. The highest BCUT2D eigenvalue weighted by molar-refractivity contribution is 5.94. The zero-order chi connectivity index (χ0) is 29.1. The van der Waals surface area contributed by atoms with Crippen LogP contribution in [0.25, 0.3) is 6.08 Å². The smallest absolute Gasteiger partial charge is 0.305 e. The van der Waals surface area contributed by atoms with E-state index in [0.717, 1.165) is 11.1 Å². The number of carboxylic acids is 1. The van der Waals surface area contributed by atoms with E-state index in [1.807, 2.05) is 24.3 Å². The van der Waals surface area contributed by atoms with Crippen LogP contribution in [0.1, 0.15) is 31.4 Å². The summed E-state index contributed by atoms with van der Waals surface area (Å²) in [4.78, 5) is 50.9. The largest absolute Gasteiger partial charge is 0.508 e. The number of amides is 3. The summed E-state index contributed by atoms with van der Waals surface area (Å²) in [5.41, 5.74) is 1.55. The molecule has 0 aromatic heterocycles. The topological polar surface area (TPSA) is 166 Å². The molecule has 11 heteroatoms. The number of phenolic OH excluding ortho intramolecular Hbond substituents is 1. The van der Waals surface area contributed by atoms with Crippen molar-refractivity contribution in [2.45, 2.75) is 44.8 Å². The first-order valence-electron chi connectivity index (χ1n) is 13.1. The normalized spacial score (nSPS) is 22.0. The average Bonchev–Trinajstić information content (AvgIpc) is 2.91. The molecule has 2 aromatic rings. The lowest BCUT2D eigenvalue weighted by molar-refractivity contribution is -0.141. The molecule has 2 aromatic carbocycles. The number of carboxylic acid groups (broad SMARTS) is 1. The summed E-state index contributed by atoms with van der Waals surface area (Å²) in [6, 6.07) is 10.7. The maximum atomic E-state index is 13.4. The van der Waals surface area contributed by atoms with Crippen molar-refractivity contribution in [3.05, 3.63) is 65.7 Å². The SMILES string of the molecule is CC(C)[C@H]1NC(=O)[C@@H](Cc2ccc(O)cc2)NCCOc2ccccc2/C=C/CNC(=O)[C@H](CC(=O)O)NC1=O. The Morgan fingerprint density at radius 1 is 0.975 bits per heavy atom. The van der Waals surface area contributed by atoms with Crippen LogP contribution in [0.2, 0.25) is 0 Å². The van der Waals surface area contributed by atoms with Gasteiger partial charge >= 0.3 is 5.97 Å². The molecule has 1 aliphatic rings. The van der Waals surface area contributed by atoms with E-state index in [1.165, 1.54) is 12.1 Å². The minimum absolute atomic E-state index is 0.100. The lowest BCUT2D eigenvalue weighted by Gasteiger charge is -2.27. The number of phenols is 1. The molecule has 1 heterocycles. The number of benzene rings is 2. The fourth-order valence-electron chi connectivity index (χ4n) is 4.17. The third-order valence-corrected chi connectivity index (χ3v) is 6.31. The zero-order valence-corrected chi connectivity index (χ0v) is 22.6. The van der Waals surface area contributed by atoms with E-state index in [0.29, 0.717) is 12.3 Å². The Hall–Kier alpha value is -4.38. The fourth-order valence-corrected chi connectivity index (χ4v) is 4.17. The monoisotopic (exact) mass is 552 g/mol. The Kier molecular flexibility index (Phi) is 11.1. The number of carbonyl (C=O) groups excluding carboxylic acids is 3. The van der Waals surface area contributed by atoms with E-state index in [4.69, 9.17) is 4.74 Å². The van der Waals surface area contributed by atoms with Crippen LogP contribution in [0, 0.1) is 5.92 Å². The molecule has 3 rings (SSSR count).